The number of amides is 1. The van der Waals surface area contributed by atoms with E-state index in [1.807, 2.05) is 0 Å². The first-order valence-corrected chi connectivity index (χ1v) is 10.5. The van der Waals surface area contributed by atoms with Crippen LogP contribution in [0.2, 0.25) is 0 Å². The number of carbonyl (C=O) groups excluding carboxylic acids is 2. The number of rotatable bonds is 8. The molecule has 3 aromatic rings. The quantitative estimate of drug-likeness (QED) is 0.477. The van der Waals surface area contributed by atoms with Crippen LogP contribution in [0.4, 0.5) is 0 Å². The average Bonchev–Trinajstić information content (AvgIpc) is 3.13. The van der Waals surface area contributed by atoms with Gasteiger partial charge in [0, 0.05) is 17.7 Å². The van der Waals surface area contributed by atoms with Gasteiger partial charge in [-0.25, -0.2) is 0 Å². The molecule has 0 bridgehead atoms. The number of methoxy groups -OCH3 is 4. The van der Waals surface area contributed by atoms with Gasteiger partial charge in [-0.05, 0) is 25.1 Å². The predicted octanol–water partition coefficient (Wildman–Crippen LogP) is 3.04. The zero-order valence-electron chi connectivity index (χ0n) is 18.5. The summed E-state index contributed by atoms with van der Waals surface area (Å²) < 4.78 is 28.7. The second kappa shape index (κ2) is 10.2. The van der Waals surface area contributed by atoms with E-state index in [0.29, 0.717) is 38.9 Å². The molecule has 0 atom stereocenters. The van der Waals surface area contributed by atoms with Gasteiger partial charge in [-0.15, -0.1) is 0 Å². The maximum Gasteiger partial charge on any atom is 0.326 e. The summed E-state index contributed by atoms with van der Waals surface area (Å²) in [7, 11) is 6.07. The number of hydrogen-bond donors (Lipinski definition) is 0. The second-order valence-electron chi connectivity index (χ2n) is 6.44. The lowest BCUT2D eigenvalue weighted by atomic mass is 10.2. The summed E-state index contributed by atoms with van der Waals surface area (Å²) in [5.74, 6) is 1.01. The molecule has 2 aromatic carbocycles. The molecule has 0 radical (unpaired) electrons. The topological polar surface area (TPSA) is 97.6 Å². The number of ether oxygens (including phenoxy) is 5. The Balaban J connectivity index is 2.16. The van der Waals surface area contributed by atoms with E-state index in [1.165, 1.54) is 39.8 Å². The van der Waals surface area contributed by atoms with Crippen molar-refractivity contribution in [1.29, 1.82) is 0 Å². The van der Waals surface area contributed by atoms with Gasteiger partial charge in [0.05, 0.1) is 45.3 Å². The smallest absolute Gasteiger partial charge is 0.326 e. The molecule has 0 aliphatic carbocycles. The average molecular weight is 461 g/mol. The highest BCUT2D eigenvalue weighted by Gasteiger charge is 2.17. The normalized spacial score (nSPS) is 11.3. The highest BCUT2D eigenvalue weighted by molar-refractivity contribution is 7.16. The third kappa shape index (κ3) is 4.70. The van der Waals surface area contributed by atoms with Crippen LogP contribution >= 0.6 is 11.3 Å². The standard InChI is InChI=1S/C22H24N2O7S/c1-6-31-20(25)12-24-14-10-17(29-4)18(30-5)11-19(14)32-22(24)23-21(26)13-7-8-15(27-2)16(9-13)28-3/h7-11H,6,12H2,1-5H3. The van der Waals surface area contributed by atoms with Crippen LogP contribution in [0.15, 0.2) is 35.3 Å². The van der Waals surface area contributed by atoms with Gasteiger partial charge >= 0.3 is 5.97 Å². The Labute approximate surface area is 188 Å². The third-order valence-corrected chi connectivity index (χ3v) is 5.65. The van der Waals surface area contributed by atoms with Crippen LogP contribution in [0.1, 0.15) is 17.3 Å². The molecule has 0 saturated carbocycles. The molecule has 0 aliphatic rings. The molecule has 32 heavy (non-hydrogen) atoms. The van der Waals surface area contributed by atoms with Crippen molar-refractivity contribution in [3.05, 3.63) is 40.7 Å². The summed E-state index contributed by atoms with van der Waals surface area (Å²) in [6.45, 7) is 1.87. The SMILES string of the molecule is CCOC(=O)Cn1c(=NC(=O)c2ccc(OC)c(OC)c2)sc2cc(OC)c(OC)cc21. The van der Waals surface area contributed by atoms with Crippen molar-refractivity contribution in [3.63, 3.8) is 0 Å². The van der Waals surface area contributed by atoms with Crippen molar-refractivity contribution in [2.24, 2.45) is 4.99 Å². The first-order chi connectivity index (χ1) is 15.4. The van der Waals surface area contributed by atoms with Crippen LogP contribution < -0.4 is 23.7 Å². The monoisotopic (exact) mass is 460 g/mol. The van der Waals surface area contributed by atoms with Crippen LogP contribution in [0.25, 0.3) is 10.2 Å². The van der Waals surface area contributed by atoms with E-state index in [9.17, 15) is 9.59 Å². The second-order valence-corrected chi connectivity index (χ2v) is 7.45. The predicted molar refractivity (Wildman–Crippen MR) is 119 cm³/mol. The molecule has 0 saturated heterocycles. The van der Waals surface area contributed by atoms with Crippen LogP contribution in [-0.4, -0.2) is 51.5 Å². The lowest BCUT2D eigenvalue weighted by molar-refractivity contribution is -0.143. The Kier molecular flexibility index (Phi) is 7.37. The van der Waals surface area contributed by atoms with Crippen molar-refractivity contribution in [2.75, 3.05) is 35.0 Å². The van der Waals surface area contributed by atoms with Crippen molar-refractivity contribution in [3.8, 4) is 23.0 Å². The lowest BCUT2D eigenvalue weighted by Gasteiger charge is -2.09. The molecule has 1 heterocycles. The largest absolute Gasteiger partial charge is 0.493 e. The fourth-order valence-electron chi connectivity index (χ4n) is 3.09. The number of esters is 1. The Bertz CT molecular complexity index is 1210. The van der Waals surface area contributed by atoms with E-state index < -0.39 is 11.9 Å². The van der Waals surface area contributed by atoms with Gasteiger partial charge in [-0.3, -0.25) is 9.59 Å². The molecule has 0 spiro atoms. The Morgan fingerprint density at radius 1 is 0.906 bits per heavy atom. The van der Waals surface area contributed by atoms with Crippen molar-refractivity contribution < 1.29 is 33.3 Å². The van der Waals surface area contributed by atoms with E-state index in [2.05, 4.69) is 4.99 Å². The van der Waals surface area contributed by atoms with Gasteiger partial charge in [0.15, 0.2) is 27.8 Å². The highest BCUT2D eigenvalue weighted by atomic mass is 32.1. The molecule has 0 N–H and O–H groups in total. The van der Waals surface area contributed by atoms with Crippen LogP contribution in [-0.2, 0) is 16.1 Å². The maximum absolute atomic E-state index is 12.9. The minimum atomic E-state index is -0.492. The van der Waals surface area contributed by atoms with Crippen LogP contribution in [0, 0.1) is 0 Å². The van der Waals surface area contributed by atoms with Gasteiger partial charge in [0.1, 0.15) is 6.54 Å². The van der Waals surface area contributed by atoms with E-state index >= 15 is 0 Å². The minimum Gasteiger partial charge on any atom is -0.493 e. The zero-order chi connectivity index (χ0) is 23.3. The minimum absolute atomic E-state index is 0.110. The number of aromatic nitrogens is 1. The van der Waals surface area contributed by atoms with Crippen molar-refractivity contribution in [2.45, 2.75) is 13.5 Å². The fraction of sp³-hybridized carbons (Fsp3) is 0.318. The van der Waals surface area contributed by atoms with E-state index in [4.69, 9.17) is 23.7 Å². The number of carbonyl (C=O) groups is 2. The number of thiazole rings is 1. The zero-order valence-corrected chi connectivity index (χ0v) is 19.3. The summed E-state index contributed by atoms with van der Waals surface area (Å²) in [5, 5.41) is 0. The van der Waals surface area contributed by atoms with Gasteiger partial charge in [-0.2, -0.15) is 4.99 Å². The summed E-state index contributed by atoms with van der Waals surface area (Å²) in [5.41, 5.74) is 0.984. The molecule has 0 aliphatic heterocycles. The summed E-state index contributed by atoms with van der Waals surface area (Å²) in [6.07, 6.45) is 0. The molecular formula is C22H24N2O7S. The molecule has 1 aromatic heterocycles. The molecule has 0 fully saturated rings. The lowest BCUT2D eigenvalue weighted by Crippen LogP contribution is -2.23. The van der Waals surface area contributed by atoms with E-state index in [1.54, 1.807) is 41.8 Å². The van der Waals surface area contributed by atoms with E-state index in [-0.39, 0.29) is 13.2 Å². The van der Waals surface area contributed by atoms with Gasteiger partial charge < -0.3 is 28.3 Å². The molecule has 1 amide bonds. The molecular weight excluding hydrogens is 436 g/mol. The molecule has 170 valence electrons. The summed E-state index contributed by atoms with van der Waals surface area (Å²) >= 11 is 1.25. The van der Waals surface area contributed by atoms with Crippen molar-refractivity contribution in [1.82, 2.24) is 4.57 Å². The first-order valence-electron chi connectivity index (χ1n) is 9.67. The molecule has 3 rings (SSSR count). The first kappa shape index (κ1) is 23.1. The molecule has 0 unspecified atom stereocenters. The number of fused-ring (bicyclic) bond motifs is 1. The Morgan fingerprint density at radius 2 is 1.53 bits per heavy atom. The Morgan fingerprint density at radius 3 is 2.16 bits per heavy atom. The van der Waals surface area contributed by atoms with E-state index in [0.717, 1.165) is 4.70 Å². The van der Waals surface area contributed by atoms with Crippen LogP contribution in [0.3, 0.4) is 0 Å². The van der Waals surface area contributed by atoms with Crippen LogP contribution in [0.5, 0.6) is 23.0 Å². The maximum atomic E-state index is 12.9. The van der Waals surface area contributed by atoms with Gasteiger partial charge in [-0.1, -0.05) is 11.3 Å². The van der Waals surface area contributed by atoms with Gasteiger partial charge in [0.25, 0.3) is 5.91 Å². The Hall–Kier alpha value is -3.53. The summed E-state index contributed by atoms with van der Waals surface area (Å²) in [4.78, 5) is 29.8. The third-order valence-electron chi connectivity index (χ3n) is 4.61. The molecule has 9 nitrogen and oxygen atoms in total. The highest BCUT2D eigenvalue weighted by Crippen LogP contribution is 2.33. The molecule has 10 heteroatoms. The van der Waals surface area contributed by atoms with Crippen molar-refractivity contribution >= 4 is 33.4 Å². The number of benzene rings is 2. The van der Waals surface area contributed by atoms with Gasteiger partial charge in [0.2, 0.25) is 0 Å². The number of hydrogen-bond acceptors (Lipinski definition) is 8. The number of nitrogens with zero attached hydrogens (tertiary/aromatic N) is 2. The fourth-order valence-corrected chi connectivity index (χ4v) is 4.13. The summed E-state index contributed by atoms with van der Waals surface area (Å²) in [6, 6.07) is 8.31.